The molecule has 0 aromatic carbocycles. The van der Waals surface area contributed by atoms with E-state index in [0.717, 1.165) is 77.1 Å². The fraction of sp³-hybridized carbons (Fsp3) is 0.783. The van der Waals surface area contributed by atoms with Crippen LogP contribution in [0.25, 0.3) is 0 Å². The first-order chi connectivity index (χ1) is 31.5. The second-order valence-corrected chi connectivity index (χ2v) is 17.7. The molecule has 6 rings (SSSR count). The first-order valence-electron chi connectivity index (χ1n) is 23.1. The van der Waals surface area contributed by atoms with Crippen LogP contribution < -0.4 is 5.73 Å². The van der Waals surface area contributed by atoms with Gasteiger partial charge >= 0.3 is 0 Å². The standard InChI is InChI=1S/C23H38N4O5.C18H33N5O4.C4H5ClO.CH4/c1-20(2)22(28)4-3-10-29-12-14-31-15-13-30-11-9-27-17-21(24-25-27)16-26-7-5-23(6-8-26)18-32-19-23;19-3-7-24-9-11-26-12-10-25-8-6-23-14-17(20-21-23)13-22-4-1-18(2-5-22)15-27-16-18;1-3(2)4(5)6;/h17H,1,3-16,18-19H2,2H3;14H,1-13,15-16,19H2;1H2,2H3;1H4. The van der Waals surface area contributed by atoms with E-state index in [4.69, 9.17) is 55.2 Å². The van der Waals surface area contributed by atoms with Crippen LogP contribution in [0, 0.1) is 10.8 Å². The number of carbonyl (C=O) groups excluding carboxylic acids is 2. The number of rotatable bonds is 30. The molecule has 0 saturated carbocycles. The maximum atomic E-state index is 11.4. The third kappa shape index (κ3) is 22.8. The highest BCUT2D eigenvalue weighted by Gasteiger charge is 2.42. The van der Waals surface area contributed by atoms with Crippen molar-refractivity contribution in [1.29, 1.82) is 0 Å². The average molecular weight is 955 g/mol. The number of nitrogens with zero attached hydrogens (tertiary/aromatic N) is 8. The van der Waals surface area contributed by atoms with E-state index in [1.54, 1.807) is 13.8 Å². The third-order valence-electron chi connectivity index (χ3n) is 11.6. The molecule has 4 saturated heterocycles. The predicted molar refractivity (Wildman–Crippen MR) is 251 cm³/mol. The van der Waals surface area contributed by atoms with Crippen LogP contribution in [0.2, 0.25) is 0 Å². The van der Waals surface area contributed by atoms with Crippen molar-refractivity contribution in [2.45, 2.75) is 86.0 Å². The Morgan fingerprint density at radius 3 is 1.33 bits per heavy atom. The van der Waals surface area contributed by atoms with Gasteiger partial charge < -0.3 is 43.6 Å². The molecule has 2 N–H and O–H groups in total. The minimum Gasteiger partial charge on any atom is -0.380 e. The summed E-state index contributed by atoms with van der Waals surface area (Å²) in [5.41, 5.74) is 9.31. The van der Waals surface area contributed by atoms with E-state index >= 15 is 0 Å². The molecule has 19 nitrogen and oxygen atoms in total. The van der Waals surface area contributed by atoms with Crippen LogP contribution in [0.3, 0.4) is 0 Å². The zero-order valence-corrected chi connectivity index (χ0v) is 39.9. The summed E-state index contributed by atoms with van der Waals surface area (Å²) in [4.78, 5) is 26.1. The largest absolute Gasteiger partial charge is 0.380 e. The fourth-order valence-corrected chi connectivity index (χ4v) is 7.26. The fourth-order valence-electron chi connectivity index (χ4n) is 7.26. The molecular weight excluding hydrogens is 874 g/mol. The average Bonchev–Trinajstić information content (AvgIpc) is 3.93. The van der Waals surface area contributed by atoms with E-state index in [2.05, 4.69) is 43.6 Å². The maximum absolute atomic E-state index is 11.4. The van der Waals surface area contributed by atoms with Crippen molar-refractivity contribution >= 4 is 22.6 Å². The highest BCUT2D eigenvalue weighted by molar-refractivity contribution is 6.67. The Morgan fingerprint density at radius 1 is 0.636 bits per heavy atom. The van der Waals surface area contributed by atoms with Gasteiger partial charge in [-0.25, -0.2) is 9.36 Å². The number of aromatic nitrogens is 6. The van der Waals surface area contributed by atoms with E-state index in [-0.39, 0.29) is 13.2 Å². The van der Waals surface area contributed by atoms with Gasteiger partial charge in [-0.15, -0.1) is 10.2 Å². The summed E-state index contributed by atoms with van der Waals surface area (Å²) in [7, 11) is 0. The smallest absolute Gasteiger partial charge is 0.247 e. The number of hydrogen-bond acceptors (Lipinski definition) is 17. The number of nitrogens with two attached hydrogens (primary N) is 1. The van der Waals surface area contributed by atoms with Crippen LogP contribution in [-0.4, -0.2) is 189 Å². The molecular formula is C46H80ClN9O10. The van der Waals surface area contributed by atoms with E-state index in [0.29, 0.717) is 134 Å². The highest BCUT2D eigenvalue weighted by atomic mass is 35.5. The van der Waals surface area contributed by atoms with E-state index in [1.807, 2.05) is 21.8 Å². The van der Waals surface area contributed by atoms with Gasteiger partial charge in [-0.2, -0.15) is 0 Å². The first kappa shape index (κ1) is 57.3. The SMILES string of the molecule is C.C=C(C)C(=O)CCCOCCOCCOCCn1cc(CN2CCC3(CC2)COC3)nn1.C=C(C)C(=O)Cl.NCCOCCOCCOCCn1cc(CN2CCC3(CC2)COC3)nn1. The van der Waals surface area contributed by atoms with Gasteiger partial charge in [-0.05, 0) is 89.3 Å². The lowest BCUT2D eigenvalue weighted by Crippen LogP contribution is -2.50. The van der Waals surface area contributed by atoms with E-state index < -0.39 is 5.24 Å². The number of halogens is 1. The summed E-state index contributed by atoms with van der Waals surface area (Å²) < 4.78 is 47.2. The van der Waals surface area contributed by atoms with Gasteiger partial charge in [0, 0.05) is 61.5 Å². The third-order valence-corrected chi connectivity index (χ3v) is 11.9. The monoisotopic (exact) mass is 954 g/mol. The van der Waals surface area contributed by atoms with Crippen molar-refractivity contribution < 1.29 is 47.5 Å². The van der Waals surface area contributed by atoms with Crippen LogP contribution in [-0.2, 0) is 73.7 Å². The molecule has 2 aromatic rings. The molecule has 0 aliphatic carbocycles. The van der Waals surface area contributed by atoms with E-state index in [9.17, 15) is 9.59 Å². The maximum Gasteiger partial charge on any atom is 0.247 e. The number of ether oxygens (including phenoxy) is 8. The van der Waals surface area contributed by atoms with Crippen molar-refractivity contribution in [3.63, 3.8) is 0 Å². The van der Waals surface area contributed by atoms with Crippen molar-refractivity contribution in [2.75, 3.05) is 138 Å². The van der Waals surface area contributed by atoms with Gasteiger partial charge in [0.1, 0.15) is 0 Å². The lowest BCUT2D eigenvalue weighted by molar-refractivity contribution is -0.140. The van der Waals surface area contributed by atoms with Gasteiger partial charge in [0.15, 0.2) is 5.78 Å². The van der Waals surface area contributed by atoms with Crippen molar-refractivity contribution in [2.24, 2.45) is 16.6 Å². The molecule has 0 bridgehead atoms. The zero-order valence-electron chi connectivity index (χ0n) is 39.1. The second kappa shape index (κ2) is 32.7. The van der Waals surface area contributed by atoms with Gasteiger partial charge in [0.2, 0.25) is 5.24 Å². The Morgan fingerprint density at radius 2 is 1.00 bits per heavy atom. The van der Waals surface area contributed by atoms with Crippen LogP contribution in [0.1, 0.15) is 71.2 Å². The topological polar surface area (TPSA) is 202 Å². The van der Waals surface area contributed by atoms with Crippen molar-refractivity contribution in [3.8, 4) is 0 Å². The lowest BCUT2D eigenvalue weighted by atomic mass is 9.77. The molecule has 0 atom stereocenters. The summed E-state index contributed by atoms with van der Waals surface area (Å²) in [5, 5.41) is 16.5. The molecule has 4 aliphatic heterocycles. The minimum absolute atomic E-state index is 0. The molecule has 0 unspecified atom stereocenters. The summed E-state index contributed by atoms with van der Waals surface area (Å²) in [6.45, 7) is 28.8. The predicted octanol–water partition coefficient (Wildman–Crippen LogP) is 3.73. The van der Waals surface area contributed by atoms with Crippen molar-refractivity contribution in [1.82, 2.24) is 39.8 Å². The van der Waals surface area contributed by atoms with Crippen LogP contribution in [0.15, 0.2) is 36.7 Å². The molecule has 20 heteroatoms. The van der Waals surface area contributed by atoms with Crippen LogP contribution in [0.4, 0.5) is 0 Å². The summed E-state index contributed by atoms with van der Waals surface area (Å²) in [6.07, 6.45) is 10.1. The number of hydrogen-bond donors (Lipinski definition) is 1. The molecule has 6 heterocycles. The summed E-state index contributed by atoms with van der Waals surface area (Å²) in [6, 6.07) is 0. The van der Waals surface area contributed by atoms with Crippen LogP contribution >= 0.6 is 11.6 Å². The first-order valence-corrected chi connectivity index (χ1v) is 23.5. The molecule has 66 heavy (non-hydrogen) atoms. The van der Waals surface area contributed by atoms with Gasteiger partial charge in [-0.1, -0.05) is 31.0 Å². The molecule has 376 valence electrons. The Kier molecular flexibility index (Phi) is 28.3. The molecule has 4 fully saturated rings. The van der Waals surface area contributed by atoms with Crippen LogP contribution in [0.5, 0.6) is 0 Å². The molecule has 4 aliphatic rings. The second-order valence-electron chi connectivity index (χ2n) is 17.3. The van der Waals surface area contributed by atoms with Gasteiger partial charge in [0.05, 0.1) is 124 Å². The van der Waals surface area contributed by atoms with Crippen molar-refractivity contribution in [3.05, 3.63) is 48.1 Å². The Balaban J connectivity index is 0.000000311. The number of allylic oxidation sites excluding steroid dienone is 2. The number of likely N-dealkylation sites (tertiary alicyclic amines) is 2. The molecule has 2 spiro atoms. The minimum atomic E-state index is -0.463. The Hall–Kier alpha value is -3.05. The number of piperidine rings is 2. The van der Waals surface area contributed by atoms with Gasteiger partial charge in [0.25, 0.3) is 0 Å². The Bertz CT molecular complexity index is 1640. The van der Waals surface area contributed by atoms with Gasteiger partial charge in [-0.3, -0.25) is 19.4 Å². The summed E-state index contributed by atoms with van der Waals surface area (Å²) in [5.74, 6) is 0.101. The lowest BCUT2D eigenvalue weighted by Gasteiger charge is -2.47. The number of Topliss-reactive ketones (excluding diaryl/α,β-unsaturated/α-hetero) is 1. The highest BCUT2D eigenvalue weighted by Crippen LogP contribution is 2.39. The normalized spacial score (nSPS) is 17.4. The number of carbonyl (C=O) groups is 2. The molecule has 2 aromatic heterocycles. The number of ketones is 1. The molecule has 0 radical (unpaired) electrons. The quantitative estimate of drug-likeness (QED) is 0.0674. The molecule has 0 amide bonds. The Labute approximate surface area is 397 Å². The zero-order chi connectivity index (χ0) is 46.6. The summed E-state index contributed by atoms with van der Waals surface area (Å²) >= 11 is 4.87. The van der Waals surface area contributed by atoms with E-state index in [1.165, 1.54) is 25.7 Å².